The van der Waals surface area contributed by atoms with Gasteiger partial charge < -0.3 is 5.32 Å². The van der Waals surface area contributed by atoms with Gasteiger partial charge in [-0.05, 0) is 53.6 Å². The van der Waals surface area contributed by atoms with E-state index < -0.39 is 32.5 Å². The molecule has 0 heterocycles. The van der Waals surface area contributed by atoms with Gasteiger partial charge in [0.05, 0.1) is 16.3 Å². The summed E-state index contributed by atoms with van der Waals surface area (Å²) in [6.07, 6.45) is 0. The molecule has 0 bridgehead atoms. The second-order valence-electron chi connectivity index (χ2n) is 7.28. The van der Waals surface area contributed by atoms with E-state index in [1.165, 1.54) is 36.4 Å². The summed E-state index contributed by atoms with van der Waals surface area (Å²) in [5.74, 6) is -0.539. The molecule has 0 aliphatic heterocycles. The summed E-state index contributed by atoms with van der Waals surface area (Å²) in [5, 5.41) is 8.12. The molecule has 3 aromatic rings. The molecule has 180 valence electrons. The number of primary sulfonamides is 1. The molecule has 3 N–H and O–H groups in total. The van der Waals surface area contributed by atoms with E-state index in [0.717, 1.165) is 8.78 Å². The number of nitrogens with zero attached hydrogens (tertiary/aromatic N) is 1. The van der Waals surface area contributed by atoms with Crippen LogP contribution in [-0.2, 0) is 37.9 Å². The van der Waals surface area contributed by atoms with Crippen molar-refractivity contribution in [3.05, 3.63) is 93.4 Å². The SMILES string of the molecule is NS(=O)(=O)c1ccc(CNC(=O)CN(Cc2ccccc2Cl)S(=O)(=O)c2ccc(Br)cc2)cc1. The Morgan fingerprint density at radius 3 is 2.09 bits per heavy atom. The monoisotopic (exact) mass is 585 g/mol. The van der Waals surface area contributed by atoms with E-state index >= 15 is 0 Å². The zero-order valence-corrected chi connectivity index (χ0v) is 21.7. The molecule has 0 radical (unpaired) electrons. The molecule has 0 fully saturated rings. The van der Waals surface area contributed by atoms with Crippen LogP contribution in [0.5, 0.6) is 0 Å². The maximum atomic E-state index is 13.3. The average Bonchev–Trinajstić information content (AvgIpc) is 2.78. The van der Waals surface area contributed by atoms with Gasteiger partial charge in [-0.15, -0.1) is 0 Å². The largest absolute Gasteiger partial charge is 0.351 e. The van der Waals surface area contributed by atoms with E-state index in [9.17, 15) is 21.6 Å². The molecule has 0 saturated heterocycles. The number of sulfonamides is 2. The fourth-order valence-electron chi connectivity index (χ4n) is 3.01. The van der Waals surface area contributed by atoms with E-state index in [0.29, 0.717) is 16.1 Å². The van der Waals surface area contributed by atoms with Crippen LogP contribution in [0.25, 0.3) is 0 Å². The van der Waals surface area contributed by atoms with Crippen molar-refractivity contribution in [3.8, 4) is 0 Å². The zero-order chi connectivity index (χ0) is 24.9. The van der Waals surface area contributed by atoms with Gasteiger partial charge in [-0.1, -0.05) is 57.9 Å². The molecule has 0 saturated carbocycles. The normalized spacial score (nSPS) is 12.0. The molecule has 3 aromatic carbocycles. The van der Waals surface area contributed by atoms with Crippen LogP contribution >= 0.6 is 27.5 Å². The Morgan fingerprint density at radius 2 is 1.50 bits per heavy atom. The molecule has 0 aromatic heterocycles. The number of hydrogen-bond acceptors (Lipinski definition) is 5. The summed E-state index contributed by atoms with van der Waals surface area (Å²) in [6.45, 7) is -0.477. The lowest BCUT2D eigenvalue weighted by atomic mass is 10.2. The first-order chi connectivity index (χ1) is 16.0. The summed E-state index contributed by atoms with van der Waals surface area (Å²) < 4.78 is 51.1. The Kier molecular flexibility index (Phi) is 8.50. The van der Waals surface area contributed by atoms with Crippen molar-refractivity contribution in [1.82, 2.24) is 9.62 Å². The first kappa shape index (κ1) is 26.3. The first-order valence-corrected chi connectivity index (χ1v) is 14.0. The Balaban J connectivity index is 1.78. The van der Waals surface area contributed by atoms with Crippen molar-refractivity contribution < 1.29 is 21.6 Å². The highest BCUT2D eigenvalue weighted by Crippen LogP contribution is 2.23. The van der Waals surface area contributed by atoms with Gasteiger partial charge in [-0.25, -0.2) is 22.0 Å². The van der Waals surface area contributed by atoms with Crippen LogP contribution in [0.4, 0.5) is 0 Å². The van der Waals surface area contributed by atoms with E-state index in [1.807, 2.05) is 0 Å². The Morgan fingerprint density at radius 1 is 0.912 bits per heavy atom. The smallest absolute Gasteiger partial charge is 0.243 e. The molecule has 3 rings (SSSR count). The standard InChI is InChI=1S/C22H21BrClN3O5S2/c23-18-7-11-20(12-8-18)34(31,32)27(14-17-3-1-2-4-21(17)24)15-22(28)26-13-16-5-9-19(10-6-16)33(25,29)30/h1-12H,13-15H2,(H,26,28)(H2,25,29,30). The number of hydrogen-bond donors (Lipinski definition) is 2. The molecule has 1 amide bonds. The van der Waals surface area contributed by atoms with Gasteiger partial charge in [0, 0.05) is 22.6 Å². The number of carbonyl (C=O) groups is 1. The number of carbonyl (C=O) groups excluding carboxylic acids is 1. The maximum Gasteiger partial charge on any atom is 0.243 e. The molecule has 0 atom stereocenters. The fourth-order valence-corrected chi connectivity index (χ4v) is 5.36. The van der Waals surface area contributed by atoms with E-state index in [-0.39, 0.29) is 22.9 Å². The first-order valence-electron chi connectivity index (χ1n) is 9.84. The molecule has 12 heteroatoms. The van der Waals surface area contributed by atoms with Crippen molar-refractivity contribution in [1.29, 1.82) is 0 Å². The van der Waals surface area contributed by atoms with Crippen LogP contribution in [0.3, 0.4) is 0 Å². The van der Waals surface area contributed by atoms with Gasteiger partial charge in [-0.3, -0.25) is 4.79 Å². The lowest BCUT2D eigenvalue weighted by Gasteiger charge is -2.22. The molecular formula is C22H21BrClN3O5S2. The van der Waals surface area contributed by atoms with E-state index in [2.05, 4.69) is 21.2 Å². The fraction of sp³-hybridized carbons (Fsp3) is 0.136. The maximum absolute atomic E-state index is 13.3. The average molecular weight is 587 g/mol. The number of rotatable bonds is 9. The Bertz CT molecular complexity index is 1380. The van der Waals surface area contributed by atoms with Crippen LogP contribution in [0.15, 0.2) is 87.1 Å². The minimum Gasteiger partial charge on any atom is -0.351 e. The Labute approximate surface area is 212 Å². The van der Waals surface area contributed by atoms with Crippen LogP contribution < -0.4 is 10.5 Å². The minimum atomic E-state index is -4.02. The molecule has 34 heavy (non-hydrogen) atoms. The predicted octanol–water partition coefficient (Wildman–Crippen LogP) is 3.26. The van der Waals surface area contributed by atoms with Gasteiger partial charge in [0.2, 0.25) is 26.0 Å². The van der Waals surface area contributed by atoms with Crippen molar-refractivity contribution in [2.24, 2.45) is 5.14 Å². The van der Waals surface area contributed by atoms with Crippen LogP contribution in [0.2, 0.25) is 5.02 Å². The predicted molar refractivity (Wildman–Crippen MR) is 133 cm³/mol. The van der Waals surface area contributed by atoms with Crippen molar-refractivity contribution >= 4 is 53.5 Å². The van der Waals surface area contributed by atoms with Crippen molar-refractivity contribution in [3.63, 3.8) is 0 Å². The second-order valence-corrected chi connectivity index (χ2v) is 12.1. The topological polar surface area (TPSA) is 127 Å². The molecule has 8 nitrogen and oxygen atoms in total. The molecule has 0 spiro atoms. The van der Waals surface area contributed by atoms with Gasteiger partial charge in [0.25, 0.3) is 0 Å². The summed E-state index contributed by atoms with van der Waals surface area (Å²) >= 11 is 9.51. The van der Waals surface area contributed by atoms with Crippen LogP contribution in [0, 0.1) is 0 Å². The number of halogens is 2. The second kappa shape index (κ2) is 11.0. The van der Waals surface area contributed by atoms with Crippen molar-refractivity contribution in [2.45, 2.75) is 22.9 Å². The summed E-state index contributed by atoms with van der Waals surface area (Å²) in [4.78, 5) is 12.7. The van der Waals surface area contributed by atoms with Gasteiger partial charge in [0.15, 0.2) is 0 Å². The number of benzene rings is 3. The van der Waals surface area contributed by atoms with Gasteiger partial charge in [0.1, 0.15) is 0 Å². The van der Waals surface area contributed by atoms with Gasteiger partial charge >= 0.3 is 0 Å². The third kappa shape index (κ3) is 6.87. The molecule has 0 aliphatic rings. The highest BCUT2D eigenvalue weighted by molar-refractivity contribution is 9.10. The number of nitrogens with two attached hydrogens (primary N) is 1. The highest BCUT2D eigenvalue weighted by Gasteiger charge is 2.27. The zero-order valence-electron chi connectivity index (χ0n) is 17.7. The van der Waals surface area contributed by atoms with Crippen LogP contribution in [-0.4, -0.2) is 33.6 Å². The quantitative estimate of drug-likeness (QED) is 0.398. The molecule has 0 aliphatic carbocycles. The highest BCUT2D eigenvalue weighted by atomic mass is 79.9. The number of amides is 1. The summed E-state index contributed by atoms with van der Waals surface area (Å²) in [7, 11) is -7.84. The van der Waals surface area contributed by atoms with Gasteiger partial charge in [-0.2, -0.15) is 4.31 Å². The lowest BCUT2D eigenvalue weighted by Crippen LogP contribution is -2.40. The third-order valence-corrected chi connectivity index (χ3v) is 8.45. The summed E-state index contributed by atoms with van der Waals surface area (Å²) in [6, 6.07) is 18.6. The molecule has 0 unspecified atom stereocenters. The Hall–Kier alpha value is -2.28. The van der Waals surface area contributed by atoms with E-state index in [1.54, 1.807) is 36.4 Å². The lowest BCUT2D eigenvalue weighted by molar-refractivity contribution is -0.121. The van der Waals surface area contributed by atoms with Crippen molar-refractivity contribution in [2.75, 3.05) is 6.54 Å². The molecular weight excluding hydrogens is 566 g/mol. The van der Waals surface area contributed by atoms with E-state index in [4.69, 9.17) is 16.7 Å². The minimum absolute atomic E-state index is 0.0362. The number of nitrogens with one attached hydrogen (secondary N) is 1. The summed E-state index contributed by atoms with van der Waals surface area (Å²) in [5.41, 5.74) is 1.17. The third-order valence-electron chi connectivity index (χ3n) is 4.82. The van der Waals surface area contributed by atoms with Crippen LogP contribution in [0.1, 0.15) is 11.1 Å².